The van der Waals surface area contributed by atoms with E-state index in [0.717, 1.165) is 10.2 Å². The van der Waals surface area contributed by atoms with Crippen molar-refractivity contribution in [2.45, 2.75) is 26.3 Å². The van der Waals surface area contributed by atoms with Crippen LogP contribution in [0.3, 0.4) is 0 Å². The molecule has 0 saturated heterocycles. The van der Waals surface area contributed by atoms with Gasteiger partial charge in [0, 0.05) is 5.54 Å². The van der Waals surface area contributed by atoms with Gasteiger partial charge in [0.1, 0.15) is 0 Å². The molecule has 1 aromatic heterocycles. The summed E-state index contributed by atoms with van der Waals surface area (Å²) in [4.78, 5) is 16.1. The van der Waals surface area contributed by atoms with Crippen LogP contribution in [0.25, 0.3) is 10.2 Å². The molecule has 0 bridgehead atoms. The Bertz CT molecular complexity index is 603. The van der Waals surface area contributed by atoms with Crippen LogP contribution in [0, 0.1) is 0 Å². The van der Waals surface area contributed by atoms with Crippen LogP contribution in [-0.2, 0) is 4.79 Å². The molecule has 2 rings (SSSR count). The highest BCUT2D eigenvalue weighted by Crippen LogP contribution is 2.31. The number of hydrogen-bond acceptors (Lipinski definition) is 4. The number of benzene rings is 1. The zero-order valence-electron chi connectivity index (χ0n) is 11.1. The Morgan fingerprint density at radius 2 is 2.16 bits per heavy atom. The number of amides is 1. The van der Waals surface area contributed by atoms with E-state index >= 15 is 0 Å². The fourth-order valence-electron chi connectivity index (χ4n) is 1.61. The van der Waals surface area contributed by atoms with Gasteiger partial charge in [-0.05, 0) is 32.9 Å². The summed E-state index contributed by atoms with van der Waals surface area (Å²) in [5.74, 6) is -0.0575. The first-order valence-corrected chi connectivity index (χ1v) is 7.14. The third-order valence-corrected chi connectivity index (χ3v) is 3.77. The van der Waals surface area contributed by atoms with Crippen molar-refractivity contribution in [3.8, 4) is 0 Å². The molecular formula is C13H16ClN3OS. The van der Waals surface area contributed by atoms with E-state index in [1.165, 1.54) is 11.3 Å². The van der Waals surface area contributed by atoms with Crippen molar-refractivity contribution in [2.75, 3.05) is 11.9 Å². The van der Waals surface area contributed by atoms with Gasteiger partial charge in [-0.3, -0.25) is 4.79 Å². The predicted octanol–water partition coefficient (Wildman–Crippen LogP) is 3.28. The summed E-state index contributed by atoms with van der Waals surface area (Å²) in [6.45, 7) is 6.04. The molecule has 6 heteroatoms. The fraction of sp³-hybridized carbons (Fsp3) is 0.385. The lowest BCUT2D eigenvalue weighted by Gasteiger charge is -2.20. The van der Waals surface area contributed by atoms with Crippen LogP contribution >= 0.6 is 22.9 Å². The minimum Gasteiger partial charge on any atom is -0.352 e. The number of hydrogen-bond donors (Lipinski definition) is 2. The second-order valence-corrected chi connectivity index (χ2v) is 6.67. The average molecular weight is 298 g/mol. The van der Waals surface area contributed by atoms with Crippen LogP contribution in [0.1, 0.15) is 20.8 Å². The number of thiazole rings is 1. The van der Waals surface area contributed by atoms with Gasteiger partial charge in [0.25, 0.3) is 0 Å². The zero-order valence-corrected chi connectivity index (χ0v) is 12.7. The van der Waals surface area contributed by atoms with E-state index < -0.39 is 0 Å². The quantitative estimate of drug-likeness (QED) is 0.914. The molecule has 0 spiro atoms. The molecule has 2 N–H and O–H groups in total. The van der Waals surface area contributed by atoms with Crippen LogP contribution < -0.4 is 10.6 Å². The van der Waals surface area contributed by atoms with Crippen molar-refractivity contribution < 1.29 is 4.79 Å². The van der Waals surface area contributed by atoms with E-state index in [4.69, 9.17) is 11.6 Å². The Hall–Kier alpha value is -1.33. The summed E-state index contributed by atoms with van der Waals surface area (Å²) in [5, 5.41) is 7.29. The summed E-state index contributed by atoms with van der Waals surface area (Å²) >= 11 is 7.53. The van der Waals surface area contributed by atoms with E-state index in [-0.39, 0.29) is 18.0 Å². The van der Waals surface area contributed by atoms with E-state index in [1.807, 2.05) is 39.0 Å². The van der Waals surface area contributed by atoms with Crippen molar-refractivity contribution in [1.29, 1.82) is 0 Å². The average Bonchev–Trinajstić information content (AvgIpc) is 2.68. The number of nitrogens with zero attached hydrogens (tertiary/aromatic N) is 1. The summed E-state index contributed by atoms with van der Waals surface area (Å²) in [5.41, 5.74) is 0.617. The lowest BCUT2D eigenvalue weighted by molar-refractivity contribution is -0.120. The molecule has 1 aromatic carbocycles. The van der Waals surface area contributed by atoms with Crippen LogP contribution in [0.2, 0.25) is 5.02 Å². The third-order valence-electron chi connectivity index (χ3n) is 2.28. The molecule has 4 nitrogen and oxygen atoms in total. The smallest absolute Gasteiger partial charge is 0.239 e. The molecule has 102 valence electrons. The van der Waals surface area contributed by atoms with Crippen molar-refractivity contribution in [3.63, 3.8) is 0 Å². The van der Waals surface area contributed by atoms with E-state index in [2.05, 4.69) is 15.6 Å². The largest absolute Gasteiger partial charge is 0.352 e. The van der Waals surface area contributed by atoms with Crippen molar-refractivity contribution in [3.05, 3.63) is 23.2 Å². The molecule has 0 unspecified atom stereocenters. The summed E-state index contributed by atoms with van der Waals surface area (Å²) in [6, 6.07) is 5.59. The first-order valence-electron chi connectivity index (χ1n) is 5.95. The number of carbonyl (C=O) groups is 1. The van der Waals surface area contributed by atoms with Gasteiger partial charge >= 0.3 is 0 Å². The van der Waals surface area contributed by atoms with Gasteiger partial charge in [0.15, 0.2) is 5.13 Å². The van der Waals surface area contributed by atoms with E-state index in [1.54, 1.807) is 0 Å². The van der Waals surface area contributed by atoms with E-state index in [0.29, 0.717) is 10.2 Å². The Labute approximate surface area is 121 Å². The molecule has 1 amide bonds. The third kappa shape index (κ3) is 3.81. The molecule has 2 aromatic rings. The Balaban J connectivity index is 2.02. The molecule has 1 heterocycles. The second-order valence-electron chi connectivity index (χ2n) is 5.26. The minimum absolute atomic E-state index is 0.0575. The van der Waals surface area contributed by atoms with Gasteiger partial charge < -0.3 is 10.6 Å². The van der Waals surface area contributed by atoms with Gasteiger partial charge in [0.2, 0.25) is 5.91 Å². The number of carbonyl (C=O) groups excluding carboxylic acids is 1. The molecule has 0 radical (unpaired) electrons. The molecular weight excluding hydrogens is 282 g/mol. The molecule has 19 heavy (non-hydrogen) atoms. The summed E-state index contributed by atoms with van der Waals surface area (Å²) in [6.07, 6.45) is 0. The van der Waals surface area contributed by atoms with Crippen LogP contribution in [0.4, 0.5) is 5.13 Å². The highest BCUT2D eigenvalue weighted by atomic mass is 35.5. The monoisotopic (exact) mass is 297 g/mol. The normalized spacial score (nSPS) is 11.6. The summed E-state index contributed by atoms with van der Waals surface area (Å²) < 4.78 is 0.933. The first-order chi connectivity index (χ1) is 8.85. The molecule has 0 atom stereocenters. The van der Waals surface area contributed by atoms with Gasteiger partial charge in [0.05, 0.1) is 21.8 Å². The van der Waals surface area contributed by atoms with Crippen LogP contribution in [-0.4, -0.2) is 23.0 Å². The highest BCUT2D eigenvalue weighted by molar-refractivity contribution is 7.22. The van der Waals surface area contributed by atoms with Gasteiger partial charge in [-0.1, -0.05) is 29.0 Å². The van der Waals surface area contributed by atoms with Crippen LogP contribution in [0.5, 0.6) is 0 Å². The lowest BCUT2D eigenvalue weighted by Crippen LogP contribution is -2.43. The topological polar surface area (TPSA) is 54.0 Å². The van der Waals surface area contributed by atoms with Crippen molar-refractivity contribution in [2.24, 2.45) is 0 Å². The number of aromatic nitrogens is 1. The number of anilines is 1. The predicted molar refractivity (Wildman–Crippen MR) is 81.0 cm³/mol. The molecule has 0 aliphatic heterocycles. The zero-order chi connectivity index (χ0) is 14.0. The Morgan fingerprint density at radius 1 is 1.42 bits per heavy atom. The van der Waals surface area contributed by atoms with Crippen LogP contribution in [0.15, 0.2) is 18.2 Å². The molecule has 0 saturated carbocycles. The molecule has 0 fully saturated rings. The number of halogens is 1. The van der Waals surface area contributed by atoms with Gasteiger partial charge in [-0.15, -0.1) is 0 Å². The molecule has 0 aliphatic carbocycles. The lowest BCUT2D eigenvalue weighted by atomic mass is 10.1. The number of fused-ring (bicyclic) bond motifs is 1. The first kappa shape index (κ1) is 14.1. The number of rotatable bonds is 3. The highest BCUT2D eigenvalue weighted by Gasteiger charge is 2.14. The Kier molecular flexibility index (Phi) is 3.96. The van der Waals surface area contributed by atoms with Gasteiger partial charge in [-0.25, -0.2) is 4.98 Å². The standard InChI is InChI=1S/C13H16ClN3OS/c1-13(2,3)17-10(18)7-15-12-16-9-6-4-5-8(14)11(9)19-12/h4-6H,7H2,1-3H3,(H,15,16)(H,17,18). The summed E-state index contributed by atoms with van der Waals surface area (Å²) in [7, 11) is 0. The fourth-order valence-corrected chi connectivity index (χ4v) is 2.76. The van der Waals surface area contributed by atoms with Crippen molar-refractivity contribution >= 4 is 44.2 Å². The second kappa shape index (κ2) is 5.35. The number of nitrogens with one attached hydrogen (secondary N) is 2. The molecule has 0 aliphatic rings. The maximum absolute atomic E-state index is 11.7. The van der Waals surface area contributed by atoms with Gasteiger partial charge in [-0.2, -0.15) is 0 Å². The van der Waals surface area contributed by atoms with Crippen molar-refractivity contribution in [1.82, 2.24) is 10.3 Å². The minimum atomic E-state index is -0.227. The maximum atomic E-state index is 11.7. The van der Waals surface area contributed by atoms with E-state index in [9.17, 15) is 4.79 Å². The maximum Gasteiger partial charge on any atom is 0.239 e. The Morgan fingerprint density at radius 3 is 2.79 bits per heavy atom. The SMILES string of the molecule is CC(C)(C)NC(=O)CNc1nc2cccc(Cl)c2s1.